The summed E-state index contributed by atoms with van der Waals surface area (Å²) in [6, 6.07) is 0. The molecule has 0 amide bonds. The smallest absolute Gasteiger partial charge is 0.267 e. The van der Waals surface area contributed by atoms with Gasteiger partial charge in [0.15, 0.2) is 0 Å². The second-order valence-corrected chi connectivity index (χ2v) is 4.11. The van der Waals surface area contributed by atoms with Crippen LogP contribution in [0.3, 0.4) is 0 Å². The normalized spacial score (nSPS) is 10.1. The topological polar surface area (TPSA) is 34.9 Å². The second kappa shape index (κ2) is 4.04. The molecule has 0 bridgehead atoms. The summed E-state index contributed by atoms with van der Waals surface area (Å²) < 4.78 is 2.25. The highest BCUT2D eigenvalue weighted by molar-refractivity contribution is 14.1. The lowest BCUT2D eigenvalue weighted by atomic mass is 10.3. The third-order valence-electron chi connectivity index (χ3n) is 1.60. The summed E-state index contributed by atoms with van der Waals surface area (Å²) >= 11 is 2.02. The van der Waals surface area contributed by atoms with Crippen LogP contribution in [0.15, 0.2) is 23.3 Å². The average molecular weight is 290 g/mol. The van der Waals surface area contributed by atoms with Crippen LogP contribution >= 0.6 is 22.6 Å². The van der Waals surface area contributed by atoms with Gasteiger partial charge in [0.25, 0.3) is 5.56 Å². The zero-order chi connectivity index (χ0) is 10.0. The zero-order valence-corrected chi connectivity index (χ0v) is 9.83. The van der Waals surface area contributed by atoms with Crippen molar-refractivity contribution in [3.8, 4) is 0 Å². The van der Waals surface area contributed by atoms with Gasteiger partial charge in [0.05, 0.1) is 15.6 Å². The van der Waals surface area contributed by atoms with E-state index in [0.717, 1.165) is 11.3 Å². The Kier molecular flexibility index (Phi) is 3.24. The van der Waals surface area contributed by atoms with E-state index in [4.69, 9.17) is 0 Å². The van der Waals surface area contributed by atoms with Gasteiger partial charge in [-0.2, -0.15) is 0 Å². The van der Waals surface area contributed by atoms with E-state index in [1.807, 2.05) is 36.4 Å². The number of aryl methyl sites for hydroxylation is 1. The number of hydrogen-bond acceptors (Lipinski definition) is 2. The summed E-state index contributed by atoms with van der Waals surface area (Å²) in [5.74, 6) is 0. The first-order chi connectivity index (χ1) is 6.02. The molecule has 0 atom stereocenters. The third-order valence-corrected chi connectivity index (χ3v) is 2.84. The summed E-state index contributed by atoms with van der Waals surface area (Å²) in [7, 11) is 0. The highest BCUT2D eigenvalue weighted by Crippen LogP contribution is 2.02. The van der Waals surface area contributed by atoms with Gasteiger partial charge >= 0.3 is 0 Å². The highest BCUT2D eigenvalue weighted by Gasteiger charge is 2.04. The van der Waals surface area contributed by atoms with Gasteiger partial charge in [0, 0.05) is 6.54 Å². The fourth-order valence-electron chi connectivity index (χ4n) is 0.950. The molecule has 13 heavy (non-hydrogen) atoms. The SMILES string of the molecule is C=C(C)Cn1cnc(C)c(I)c1=O. The molecule has 0 saturated carbocycles. The van der Waals surface area contributed by atoms with Crippen LogP contribution in [-0.4, -0.2) is 9.55 Å². The van der Waals surface area contributed by atoms with E-state index in [2.05, 4.69) is 11.6 Å². The van der Waals surface area contributed by atoms with Crippen molar-refractivity contribution < 1.29 is 0 Å². The maximum absolute atomic E-state index is 11.6. The largest absolute Gasteiger partial charge is 0.294 e. The lowest BCUT2D eigenvalue weighted by Gasteiger charge is -2.05. The number of hydrogen-bond donors (Lipinski definition) is 0. The van der Waals surface area contributed by atoms with E-state index in [1.165, 1.54) is 0 Å². The summed E-state index contributed by atoms with van der Waals surface area (Å²) in [5.41, 5.74) is 1.74. The van der Waals surface area contributed by atoms with Gasteiger partial charge in [-0.1, -0.05) is 12.2 Å². The molecule has 0 unspecified atom stereocenters. The first-order valence-corrected chi connectivity index (χ1v) is 4.96. The van der Waals surface area contributed by atoms with Gasteiger partial charge in [-0.05, 0) is 36.4 Å². The van der Waals surface area contributed by atoms with Crippen molar-refractivity contribution in [1.29, 1.82) is 0 Å². The molecule has 1 rings (SSSR count). The predicted molar refractivity (Wildman–Crippen MR) is 60.8 cm³/mol. The molecule has 0 fully saturated rings. The Balaban J connectivity index is 3.19. The third kappa shape index (κ3) is 2.40. The van der Waals surface area contributed by atoms with E-state index in [-0.39, 0.29) is 5.56 Å². The van der Waals surface area contributed by atoms with E-state index in [9.17, 15) is 4.79 Å². The fourth-order valence-corrected chi connectivity index (χ4v) is 1.40. The highest BCUT2D eigenvalue weighted by atomic mass is 127. The minimum absolute atomic E-state index is 0.0103. The minimum atomic E-state index is 0.0103. The molecule has 70 valence electrons. The van der Waals surface area contributed by atoms with Gasteiger partial charge in [-0.15, -0.1) is 0 Å². The molecule has 1 aromatic heterocycles. The molecule has 0 spiro atoms. The maximum Gasteiger partial charge on any atom is 0.267 e. The number of halogens is 1. The molecule has 1 heterocycles. The Morgan fingerprint density at radius 1 is 1.77 bits per heavy atom. The van der Waals surface area contributed by atoms with Crippen LogP contribution in [0.4, 0.5) is 0 Å². The Labute approximate surface area is 90.6 Å². The molecular weight excluding hydrogens is 279 g/mol. The predicted octanol–water partition coefficient (Wildman–Crippen LogP) is 1.73. The van der Waals surface area contributed by atoms with Crippen LogP contribution in [0, 0.1) is 10.5 Å². The standard InChI is InChI=1S/C9H11IN2O/c1-6(2)4-12-5-11-7(3)8(10)9(12)13/h5H,1,4H2,2-3H3. The van der Waals surface area contributed by atoms with Crippen LogP contribution in [-0.2, 0) is 6.54 Å². The zero-order valence-electron chi connectivity index (χ0n) is 7.67. The molecule has 1 aromatic rings. The van der Waals surface area contributed by atoms with E-state index in [0.29, 0.717) is 10.1 Å². The number of allylic oxidation sites excluding steroid dienone is 1. The summed E-state index contributed by atoms with van der Waals surface area (Å²) in [6.07, 6.45) is 1.56. The Hall–Kier alpha value is -0.650. The fraction of sp³-hybridized carbons (Fsp3) is 0.333. The monoisotopic (exact) mass is 290 g/mol. The molecule has 4 heteroatoms. The van der Waals surface area contributed by atoms with Crippen LogP contribution < -0.4 is 5.56 Å². The van der Waals surface area contributed by atoms with E-state index in [1.54, 1.807) is 10.9 Å². The van der Waals surface area contributed by atoms with Crippen LogP contribution in [0.5, 0.6) is 0 Å². The number of rotatable bonds is 2. The minimum Gasteiger partial charge on any atom is -0.294 e. The van der Waals surface area contributed by atoms with Crippen molar-refractivity contribution in [3.63, 3.8) is 0 Å². The molecule has 0 aliphatic rings. The quantitative estimate of drug-likeness (QED) is 0.614. The van der Waals surface area contributed by atoms with Crippen molar-refractivity contribution in [3.05, 3.63) is 38.1 Å². The Morgan fingerprint density at radius 2 is 2.38 bits per heavy atom. The van der Waals surface area contributed by atoms with Gasteiger partial charge < -0.3 is 0 Å². The van der Waals surface area contributed by atoms with Crippen molar-refractivity contribution in [1.82, 2.24) is 9.55 Å². The molecular formula is C9H11IN2O. The van der Waals surface area contributed by atoms with Crippen molar-refractivity contribution in [2.75, 3.05) is 0 Å². The average Bonchev–Trinajstić information content (AvgIpc) is 2.06. The summed E-state index contributed by atoms with van der Waals surface area (Å²) in [4.78, 5) is 15.7. The summed E-state index contributed by atoms with van der Waals surface area (Å²) in [6.45, 7) is 8.01. The van der Waals surface area contributed by atoms with E-state index >= 15 is 0 Å². The van der Waals surface area contributed by atoms with Crippen molar-refractivity contribution in [2.24, 2.45) is 0 Å². The molecule has 0 saturated heterocycles. The number of aromatic nitrogens is 2. The lowest BCUT2D eigenvalue weighted by molar-refractivity contribution is 0.715. The second-order valence-electron chi connectivity index (χ2n) is 3.03. The van der Waals surface area contributed by atoms with Gasteiger partial charge in [0.2, 0.25) is 0 Å². The van der Waals surface area contributed by atoms with Gasteiger partial charge in [-0.25, -0.2) is 4.98 Å². The molecule has 0 radical (unpaired) electrons. The number of nitrogens with zero attached hydrogens (tertiary/aromatic N) is 2. The van der Waals surface area contributed by atoms with Gasteiger partial charge in [0.1, 0.15) is 0 Å². The Morgan fingerprint density at radius 3 is 2.92 bits per heavy atom. The van der Waals surface area contributed by atoms with Crippen LogP contribution in [0.1, 0.15) is 12.6 Å². The maximum atomic E-state index is 11.6. The lowest BCUT2D eigenvalue weighted by Crippen LogP contribution is -2.24. The first kappa shape index (κ1) is 10.4. The van der Waals surface area contributed by atoms with E-state index < -0.39 is 0 Å². The molecule has 0 N–H and O–H groups in total. The van der Waals surface area contributed by atoms with Crippen molar-refractivity contribution in [2.45, 2.75) is 20.4 Å². The van der Waals surface area contributed by atoms with Gasteiger partial charge in [-0.3, -0.25) is 9.36 Å². The first-order valence-electron chi connectivity index (χ1n) is 3.88. The molecule has 3 nitrogen and oxygen atoms in total. The molecule has 0 aromatic carbocycles. The van der Waals surface area contributed by atoms with Crippen LogP contribution in [0.2, 0.25) is 0 Å². The van der Waals surface area contributed by atoms with Crippen molar-refractivity contribution >= 4 is 22.6 Å². The van der Waals surface area contributed by atoms with Crippen LogP contribution in [0.25, 0.3) is 0 Å². The molecule has 0 aliphatic heterocycles. The molecule has 0 aliphatic carbocycles. The Bertz CT molecular complexity index is 395. The summed E-state index contributed by atoms with van der Waals surface area (Å²) in [5, 5.41) is 0.